The van der Waals surface area contributed by atoms with Crippen LogP contribution in [0.15, 0.2) is 0 Å². The third kappa shape index (κ3) is 4.55. The van der Waals surface area contributed by atoms with Crippen LogP contribution < -0.4 is 5.32 Å². The van der Waals surface area contributed by atoms with Crippen molar-refractivity contribution in [2.24, 2.45) is 0 Å². The molecule has 2 saturated heterocycles. The number of nitrogens with zero attached hydrogens (tertiary/aromatic N) is 1. The highest BCUT2D eigenvalue weighted by atomic mass is 15.2. The average molecular weight is 252 g/mol. The molecule has 2 fully saturated rings. The fourth-order valence-electron chi connectivity index (χ4n) is 3.73. The molecule has 0 aromatic carbocycles. The summed E-state index contributed by atoms with van der Waals surface area (Å²) in [6.07, 6.45) is 14.2. The maximum absolute atomic E-state index is 3.67. The van der Waals surface area contributed by atoms with Gasteiger partial charge in [-0.3, -0.25) is 0 Å². The number of hydrogen-bond donors (Lipinski definition) is 1. The van der Waals surface area contributed by atoms with Crippen molar-refractivity contribution in [3.05, 3.63) is 0 Å². The molecule has 2 aliphatic heterocycles. The number of nitrogens with one attached hydrogen (secondary N) is 1. The summed E-state index contributed by atoms with van der Waals surface area (Å²) in [7, 11) is 0. The Hall–Kier alpha value is -0.0800. The summed E-state index contributed by atoms with van der Waals surface area (Å²) in [6.45, 7) is 6.30. The van der Waals surface area contributed by atoms with Crippen LogP contribution in [0.1, 0.15) is 71.1 Å². The molecule has 2 nitrogen and oxygen atoms in total. The predicted octanol–water partition coefficient (Wildman–Crippen LogP) is 3.56. The molecule has 0 aliphatic carbocycles. The molecule has 2 rings (SSSR count). The Bertz CT molecular complexity index is 209. The molecular formula is C16H32N2. The highest BCUT2D eigenvalue weighted by Gasteiger charge is 2.21. The third-order valence-electron chi connectivity index (χ3n) is 4.78. The van der Waals surface area contributed by atoms with E-state index >= 15 is 0 Å². The van der Waals surface area contributed by atoms with E-state index in [1.165, 1.54) is 83.8 Å². The Morgan fingerprint density at radius 3 is 2.72 bits per heavy atom. The van der Waals surface area contributed by atoms with Gasteiger partial charge in [-0.15, -0.1) is 0 Å². The van der Waals surface area contributed by atoms with Gasteiger partial charge < -0.3 is 10.2 Å². The van der Waals surface area contributed by atoms with Crippen molar-refractivity contribution >= 4 is 0 Å². The van der Waals surface area contributed by atoms with E-state index in [2.05, 4.69) is 17.1 Å². The number of rotatable bonds is 6. The zero-order chi connectivity index (χ0) is 12.6. The van der Waals surface area contributed by atoms with Crippen LogP contribution in [0.3, 0.4) is 0 Å². The smallest absolute Gasteiger partial charge is 0.00951 e. The van der Waals surface area contributed by atoms with E-state index in [1.54, 1.807) is 0 Å². The summed E-state index contributed by atoms with van der Waals surface area (Å²) >= 11 is 0. The molecule has 2 heterocycles. The summed E-state index contributed by atoms with van der Waals surface area (Å²) in [5, 5.41) is 3.67. The molecule has 106 valence electrons. The van der Waals surface area contributed by atoms with Crippen molar-refractivity contribution < 1.29 is 0 Å². The SMILES string of the molecule is CCCC1CCCCN1CCCC1CCCCN1. The first-order valence-corrected chi connectivity index (χ1v) is 8.37. The van der Waals surface area contributed by atoms with Gasteiger partial charge >= 0.3 is 0 Å². The van der Waals surface area contributed by atoms with E-state index in [0.29, 0.717) is 0 Å². The molecule has 0 aromatic rings. The number of likely N-dealkylation sites (tertiary alicyclic amines) is 1. The van der Waals surface area contributed by atoms with Crippen molar-refractivity contribution in [3.8, 4) is 0 Å². The van der Waals surface area contributed by atoms with Crippen LogP contribution >= 0.6 is 0 Å². The Balaban J connectivity index is 1.64. The molecule has 0 bridgehead atoms. The quantitative estimate of drug-likeness (QED) is 0.777. The van der Waals surface area contributed by atoms with Crippen molar-refractivity contribution in [2.45, 2.75) is 83.2 Å². The monoisotopic (exact) mass is 252 g/mol. The van der Waals surface area contributed by atoms with E-state index in [9.17, 15) is 0 Å². The number of piperidine rings is 2. The minimum atomic E-state index is 0.827. The highest BCUT2D eigenvalue weighted by molar-refractivity contribution is 4.78. The standard InChI is InChI=1S/C16H32N2/c1-2-8-16-11-4-6-13-18(16)14-7-10-15-9-3-5-12-17-15/h15-17H,2-14H2,1H3. The average Bonchev–Trinajstić information content (AvgIpc) is 2.42. The molecule has 2 atom stereocenters. The van der Waals surface area contributed by atoms with Crippen LogP contribution in [0.2, 0.25) is 0 Å². The van der Waals surface area contributed by atoms with Gasteiger partial charge in [0.25, 0.3) is 0 Å². The Morgan fingerprint density at radius 2 is 1.94 bits per heavy atom. The van der Waals surface area contributed by atoms with E-state index in [4.69, 9.17) is 0 Å². The lowest BCUT2D eigenvalue weighted by molar-refractivity contribution is 0.135. The fourth-order valence-corrected chi connectivity index (χ4v) is 3.73. The summed E-state index contributed by atoms with van der Waals surface area (Å²) < 4.78 is 0. The predicted molar refractivity (Wildman–Crippen MR) is 79.0 cm³/mol. The first-order valence-electron chi connectivity index (χ1n) is 8.37. The lowest BCUT2D eigenvalue weighted by Gasteiger charge is -2.36. The van der Waals surface area contributed by atoms with Crippen LogP contribution in [-0.4, -0.2) is 36.6 Å². The Kier molecular flexibility index (Phi) is 6.50. The normalized spacial score (nSPS) is 30.5. The largest absolute Gasteiger partial charge is 0.314 e. The van der Waals surface area contributed by atoms with E-state index in [0.717, 1.165) is 12.1 Å². The molecule has 2 unspecified atom stereocenters. The van der Waals surface area contributed by atoms with Crippen molar-refractivity contribution in [1.82, 2.24) is 10.2 Å². The zero-order valence-electron chi connectivity index (χ0n) is 12.3. The first kappa shape index (κ1) is 14.3. The van der Waals surface area contributed by atoms with Crippen LogP contribution in [0.5, 0.6) is 0 Å². The first-order chi connectivity index (χ1) is 8.90. The summed E-state index contributed by atoms with van der Waals surface area (Å²) in [6, 6.07) is 1.73. The summed E-state index contributed by atoms with van der Waals surface area (Å²) in [5.74, 6) is 0. The molecule has 18 heavy (non-hydrogen) atoms. The van der Waals surface area contributed by atoms with Gasteiger partial charge in [0.2, 0.25) is 0 Å². The van der Waals surface area contributed by atoms with Gasteiger partial charge in [-0.25, -0.2) is 0 Å². The van der Waals surface area contributed by atoms with Crippen molar-refractivity contribution in [2.75, 3.05) is 19.6 Å². The van der Waals surface area contributed by atoms with Gasteiger partial charge in [0, 0.05) is 12.1 Å². The molecule has 0 spiro atoms. The maximum atomic E-state index is 3.67. The van der Waals surface area contributed by atoms with Crippen molar-refractivity contribution in [1.29, 1.82) is 0 Å². The summed E-state index contributed by atoms with van der Waals surface area (Å²) in [4.78, 5) is 2.79. The molecule has 2 aliphatic rings. The van der Waals surface area contributed by atoms with Gasteiger partial charge in [-0.2, -0.15) is 0 Å². The summed E-state index contributed by atoms with van der Waals surface area (Å²) in [5.41, 5.74) is 0. The van der Waals surface area contributed by atoms with E-state index < -0.39 is 0 Å². The topological polar surface area (TPSA) is 15.3 Å². The van der Waals surface area contributed by atoms with Crippen LogP contribution in [0.25, 0.3) is 0 Å². The Morgan fingerprint density at radius 1 is 1.06 bits per heavy atom. The second kappa shape index (κ2) is 8.16. The second-order valence-corrected chi connectivity index (χ2v) is 6.26. The number of hydrogen-bond acceptors (Lipinski definition) is 2. The van der Waals surface area contributed by atoms with Gasteiger partial charge in [0.1, 0.15) is 0 Å². The van der Waals surface area contributed by atoms with Crippen LogP contribution in [0, 0.1) is 0 Å². The highest BCUT2D eigenvalue weighted by Crippen LogP contribution is 2.21. The maximum Gasteiger partial charge on any atom is 0.00951 e. The van der Waals surface area contributed by atoms with Crippen LogP contribution in [0.4, 0.5) is 0 Å². The zero-order valence-corrected chi connectivity index (χ0v) is 12.3. The minimum Gasteiger partial charge on any atom is -0.314 e. The van der Waals surface area contributed by atoms with Crippen molar-refractivity contribution in [3.63, 3.8) is 0 Å². The molecular weight excluding hydrogens is 220 g/mol. The van der Waals surface area contributed by atoms with Gasteiger partial charge in [-0.1, -0.05) is 26.2 Å². The van der Waals surface area contributed by atoms with Gasteiger partial charge in [-0.05, 0) is 64.6 Å². The molecule has 1 N–H and O–H groups in total. The van der Waals surface area contributed by atoms with Gasteiger partial charge in [0.05, 0.1) is 0 Å². The molecule has 0 aromatic heterocycles. The fraction of sp³-hybridized carbons (Fsp3) is 1.00. The second-order valence-electron chi connectivity index (χ2n) is 6.26. The third-order valence-corrected chi connectivity index (χ3v) is 4.78. The van der Waals surface area contributed by atoms with Crippen LogP contribution in [-0.2, 0) is 0 Å². The van der Waals surface area contributed by atoms with E-state index in [-0.39, 0.29) is 0 Å². The Labute approximate surface area is 114 Å². The molecule has 2 heteroatoms. The minimum absolute atomic E-state index is 0.827. The lowest BCUT2D eigenvalue weighted by Crippen LogP contribution is -2.41. The van der Waals surface area contributed by atoms with Gasteiger partial charge in [0.15, 0.2) is 0 Å². The van der Waals surface area contributed by atoms with E-state index in [1.807, 2.05) is 0 Å². The molecule has 0 saturated carbocycles. The lowest BCUT2D eigenvalue weighted by atomic mass is 9.96. The molecule has 0 radical (unpaired) electrons. The molecule has 0 amide bonds.